The third-order valence-electron chi connectivity index (χ3n) is 2.49. The minimum absolute atomic E-state index is 0.364. The Morgan fingerprint density at radius 3 is 2.84 bits per heavy atom. The van der Waals surface area contributed by atoms with Gasteiger partial charge >= 0.3 is 0 Å². The Kier molecular flexibility index (Phi) is 3.03. The lowest BCUT2D eigenvalue weighted by atomic mass is 10.2. The van der Waals surface area contributed by atoms with E-state index in [0.29, 0.717) is 28.0 Å². The Morgan fingerprint density at radius 1 is 1.37 bits per heavy atom. The molecular weight excluding hydrogens is 330 g/mol. The van der Waals surface area contributed by atoms with E-state index in [2.05, 4.69) is 35.4 Å². The van der Waals surface area contributed by atoms with Crippen LogP contribution in [-0.2, 0) is 0 Å². The topological polar surface area (TPSA) is 90.7 Å². The molecule has 0 spiro atoms. The zero-order valence-corrected chi connectivity index (χ0v) is 12.2. The molecule has 96 valence electrons. The molecule has 0 bridgehead atoms. The molecule has 0 aliphatic rings. The predicted octanol–water partition coefficient (Wildman–Crippen LogP) is 2.91. The van der Waals surface area contributed by atoms with E-state index in [0.717, 1.165) is 10.2 Å². The van der Waals surface area contributed by atoms with Gasteiger partial charge in [-0.1, -0.05) is 5.16 Å². The van der Waals surface area contributed by atoms with Crippen LogP contribution < -0.4 is 5.73 Å². The summed E-state index contributed by atoms with van der Waals surface area (Å²) in [6.07, 6.45) is 1.68. The molecule has 8 heteroatoms. The summed E-state index contributed by atoms with van der Waals surface area (Å²) >= 11 is 4.53. The number of aryl methyl sites for hydroxylation is 1. The van der Waals surface area contributed by atoms with Crippen LogP contribution >= 0.6 is 27.5 Å². The highest BCUT2D eigenvalue weighted by atomic mass is 79.9. The Balaban J connectivity index is 2.02. The number of nitrogens with two attached hydrogens (primary N) is 1. The van der Waals surface area contributed by atoms with Crippen molar-refractivity contribution >= 4 is 32.5 Å². The van der Waals surface area contributed by atoms with Crippen LogP contribution in [0.15, 0.2) is 27.3 Å². The first-order valence-corrected chi connectivity index (χ1v) is 6.89. The van der Waals surface area contributed by atoms with Crippen LogP contribution in [0.5, 0.6) is 0 Å². The molecule has 3 rings (SSSR count). The fraction of sp³-hybridized carbons (Fsp3) is 0.0909. The number of hydrogen-bond donors (Lipinski definition) is 1. The molecule has 3 heterocycles. The maximum Gasteiger partial charge on any atom is 0.263 e. The molecule has 0 amide bonds. The number of nitrogens with zero attached hydrogens (tertiary/aromatic N) is 4. The first-order valence-electron chi connectivity index (χ1n) is 5.33. The van der Waals surface area contributed by atoms with Gasteiger partial charge in [-0.25, -0.2) is 0 Å². The maximum absolute atomic E-state index is 5.85. The maximum atomic E-state index is 5.85. The first-order chi connectivity index (χ1) is 9.15. The van der Waals surface area contributed by atoms with Crippen molar-refractivity contribution in [1.82, 2.24) is 19.5 Å². The molecule has 0 atom stereocenters. The summed E-state index contributed by atoms with van der Waals surface area (Å²) in [5.74, 6) is 0.788. The zero-order chi connectivity index (χ0) is 13.4. The molecule has 19 heavy (non-hydrogen) atoms. The van der Waals surface area contributed by atoms with Crippen LogP contribution in [0.1, 0.15) is 5.69 Å². The minimum atomic E-state index is 0.364. The van der Waals surface area contributed by atoms with Crippen molar-refractivity contribution in [3.63, 3.8) is 0 Å². The quantitative estimate of drug-likeness (QED) is 0.773. The lowest BCUT2D eigenvalue weighted by Crippen LogP contribution is -1.87. The molecule has 0 saturated carbocycles. The highest BCUT2D eigenvalue weighted by Gasteiger charge is 2.18. The summed E-state index contributed by atoms with van der Waals surface area (Å²) < 4.78 is 10.3. The van der Waals surface area contributed by atoms with Crippen LogP contribution in [0.2, 0.25) is 0 Å². The second kappa shape index (κ2) is 4.71. The van der Waals surface area contributed by atoms with Gasteiger partial charge in [0.05, 0.1) is 11.3 Å². The van der Waals surface area contributed by atoms with E-state index in [1.54, 1.807) is 12.3 Å². The van der Waals surface area contributed by atoms with Crippen molar-refractivity contribution in [2.45, 2.75) is 6.92 Å². The summed E-state index contributed by atoms with van der Waals surface area (Å²) in [5.41, 5.74) is 7.96. The van der Waals surface area contributed by atoms with Gasteiger partial charge in [0.1, 0.15) is 10.7 Å². The third-order valence-corrected chi connectivity index (χ3v) is 3.72. The van der Waals surface area contributed by atoms with Crippen molar-refractivity contribution in [2.24, 2.45) is 0 Å². The number of rotatable bonds is 2. The van der Waals surface area contributed by atoms with Gasteiger partial charge in [0.15, 0.2) is 0 Å². The fourth-order valence-corrected chi connectivity index (χ4v) is 2.47. The molecule has 0 aliphatic heterocycles. The van der Waals surface area contributed by atoms with E-state index >= 15 is 0 Å². The van der Waals surface area contributed by atoms with Gasteiger partial charge in [0.2, 0.25) is 5.82 Å². The Bertz CT molecular complexity index is 702. The van der Waals surface area contributed by atoms with Crippen LogP contribution in [-0.4, -0.2) is 19.5 Å². The van der Waals surface area contributed by atoms with Crippen LogP contribution in [0.4, 0.5) is 5.00 Å². The number of nitrogen functional groups attached to an aromatic ring is 1. The average molecular weight is 338 g/mol. The molecule has 0 radical (unpaired) electrons. The smallest absolute Gasteiger partial charge is 0.263 e. The molecular formula is C11H8BrN5OS. The Labute approximate surface area is 121 Å². The van der Waals surface area contributed by atoms with Gasteiger partial charge in [-0.05, 0) is 46.5 Å². The highest BCUT2D eigenvalue weighted by Crippen LogP contribution is 2.31. The van der Waals surface area contributed by atoms with Crippen LogP contribution in [0.25, 0.3) is 23.0 Å². The van der Waals surface area contributed by atoms with Crippen molar-refractivity contribution in [1.29, 1.82) is 0 Å². The van der Waals surface area contributed by atoms with Crippen molar-refractivity contribution in [3.05, 3.63) is 28.5 Å². The minimum Gasteiger partial charge on any atom is -0.389 e. The van der Waals surface area contributed by atoms with Crippen molar-refractivity contribution < 1.29 is 4.52 Å². The van der Waals surface area contributed by atoms with Crippen LogP contribution in [0, 0.1) is 6.92 Å². The van der Waals surface area contributed by atoms with Crippen LogP contribution in [0.3, 0.4) is 0 Å². The summed E-state index contributed by atoms with van der Waals surface area (Å²) in [4.78, 5) is 8.52. The number of pyridine rings is 1. The SMILES string of the molecule is Cc1nsc(N)c1-c1nc(-c2ccc(Br)cn2)no1. The Hall–Kier alpha value is -1.80. The lowest BCUT2D eigenvalue weighted by Gasteiger charge is -1.93. The third kappa shape index (κ3) is 2.24. The van der Waals surface area contributed by atoms with E-state index in [9.17, 15) is 0 Å². The predicted molar refractivity (Wildman–Crippen MR) is 75.5 cm³/mol. The molecule has 0 fully saturated rings. The molecule has 2 N–H and O–H groups in total. The normalized spacial score (nSPS) is 10.8. The van der Waals surface area contributed by atoms with E-state index in [4.69, 9.17) is 10.3 Å². The van der Waals surface area contributed by atoms with Gasteiger partial charge in [-0.2, -0.15) is 9.36 Å². The molecule has 0 saturated heterocycles. The average Bonchev–Trinajstić information content (AvgIpc) is 2.98. The van der Waals surface area contributed by atoms with E-state index < -0.39 is 0 Å². The second-order valence-corrected chi connectivity index (χ2v) is 5.51. The number of hydrogen-bond acceptors (Lipinski definition) is 7. The first kappa shape index (κ1) is 12.2. The van der Waals surface area contributed by atoms with Crippen molar-refractivity contribution in [2.75, 3.05) is 5.73 Å². The standard InChI is InChI=1S/C11H8BrN5OS/c1-5-8(9(13)19-17-5)11-15-10(16-18-11)7-3-2-6(12)4-14-7/h2-4H,13H2,1H3. The highest BCUT2D eigenvalue weighted by molar-refractivity contribution is 9.10. The lowest BCUT2D eigenvalue weighted by molar-refractivity contribution is 0.432. The molecule has 0 unspecified atom stereocenters. The summed E-state index contributed by atoms with van der Waals surface area (Å²) in [6.45, 7) is 1.85. The largest absolute Gasteiger partial charge is 0.389 e. The summed E-state index contributed by atoms with van der Waals surface area (Å²) in [7, 11) is 0. The number of aromatic nitrogens is 4. The van der Waals surface area contributed by atoms with E-state index in [-0.39, 0.29) is 0 Å². The second-order valence-electron chi connectivity index (χ2n) is 3.79. The molecule has 0 aliphatic carbocycles. The molecule has 0 aromatic carbocycles. The Morgan fingerprint density at radius 2 is 2.21 bits per heavy atom. The molecule has 3 aromatic heterocycles. The van der Waals surface area contributed by atoms with Gasteiger partial charge < -0.3 is 10.3 Å². The van der Waals surface area contributed by atoms with Gasteiger partial charge in [0, 0.05) is 10.7 Å². The number of anilines is 1. The van der Waals surface area contributed by atoms with E-state index in [1.165, 1.54) is 11.5 Å². The van der Waals surface area contributed by atoms with Crippen molar-refractivity contribution in [3.8, 4) is 23.0 Å². The van der Waals surface area contributed by atoms with E-state index in [1.807, 2.05) is 13.0 Å². The molecule has 6 nitrogen and oxygen atoms in total. The van der Waals surface area contributed by atoms with Gasteiger partial charge in [-0.3, -0.25) is 4.98 Å². The fourth-order valence-electron chi connectivity index (χ4n) is 1.58. The number of halogens is 1. The monoisotopic (exact) mass is 337 g/mol. The summed E-state index contributed by atoms with van der Waals surface area (Å²) in [5, 5.41) is 4.48. The van der Waals surface area contributed by atoms with Gasteiger partial charge in [0.25, 0.3) is 5.89 Å². The summed E-state index contributed by atoms with van der Waals surface area (Å²) in [6, 6.07) is 3.67. The van der Waals surface area contributed by atoms with Gasteiger partial charge in [-0.15, -0.1) is 0 Å². The zero-order valence-electron chi connectivity index (χ0n) is 9.79. The molecule has 3 aromatic rings.